The van der Waals surface area contributed by atoms with Crippen LogP contribution in [0.2, 0.25) is 0 Å². The first-order valence-corrected chi connectivity index (χ1v) is 7.00. The van der Waals surface area contributed by atoms with Crippen molar-refractivity contribution in [1.29, 1.82) is 0 Å². The maximum absolute atomic E-state index is 5.65. The molecule has 0 aliphatic carbocycles. The van der Waals surface area contributed by atoms with Gasteiger partial charge in [-0.2, -0.15) is 0 Å². The topological polar surface area (TPSA) is 59.2 Å². The molecule has 106 valence electrons. The van der Waals surface area contributed by atoms with E-state index in [2.05, 4.69) is 28.3 Å². The Balaban J connectivity index is 1.90. The second kappa shape index (κ2) is 5.96. The van der Waals surface area contributed by atoms with Gasteiger partial charge in [-0.3, -0.25) is 0 Å². The summed E-state index contributed by atoms with van der Waals surface area (Å²) in [6.07, 6.45) is 4.68. The van der Waals surface area contributed by atoms with Crippen LogP contribution < -0.4 is 14.8 Å². The standard InChI is InChI=1S/C15H19N3O2/c1-2-5-16-14(15-17-6-7-18-15)11-3-4-12-13(10-11)20-9-8-19-12/h3-4,6-7,10,14,16H,2,5,8-9H2,1H3,(H,17,18). The normalized spacial score (nSPS) is 15.1. The molecule has 0 bridgehead atoms. The van der Waals surface area contributed by atoms with Gasteiger partial charge in [0.2, 0.25) is 0 Å². The van der Waals surface area contributed by atoms with Gasteiger partial charge in [0.05, 0.1) is 6.04 Å². The van der Waals surface area contributed by atoms with E-state index in [9.17, 15) is 0 Å². The van der Waals surface area contributed by atoms with E-state index in [1.165, 1.54) is 0 Å². The number of rotatable bonds is 5. The molecule has 20 heavy (non-hydrogen) atoms. The van der Waals surface area contributed by atoms with Gasteiger partial charge in [0.15, 0.2) is 11.5 Å². The van der Waals surface area contributed by atoms with Crippen molar-refractivity contribution in [3.8, 4) is 11.5 Å². The lowest BCUT2D eigenvalue weighted by molar-refractivity contribution is 0.171. The molecular formula is C15H19N3O2. The number of hydrogen-bond acceptors (Lipinski definition) is 4. The van der Waals surface area contributed by atoms with Crippen LogP contribution in [0.1, 0.15) is 30.8 Å². The Morgan fingerprint density at radius 1 is 1.30 bits per heavy atom. The zero-order valence-electron chi connectivity index (χ0n) is 11.6. The van der Waals surface area contributed by atoms with Gasteiger partial charge in [-0.25, -0.2) is 4.98 Å². The molecule has 0 saturated carbocycles. The van der Waals surface area contributed by atoms with Crippen molar-refractivity contribution < 1.29 is 9.47 Å². The summed E-state index contributed by atoms with van der Waals surface area (Å²) in [6, 6.07) is 6.10. The first-order chi connectivity index (χ1) is 9.88. The molecule has 5 heteroatoms. The summed E-state index contributed by atoms with van der Waals surface area (Å²) >= 11 is 0. The summed E-state index contributed by atoms with van der Waals surface area (Å²) < 4.78 is 11.2. The molecule has 0 saturated heterocycles. The van der Waals surface area contributed by atoms with E-state index in [1.54, 1.807) is 6.20 Å². The number of hydrogen-bond donors (Lipinski definition) is 2. The Labute approximate surface area is 118 Å². The van der Waals surface area contributed by atoms with Crippen LogP contribution in [-0.2, 0) is 0 Å². The monoisotopic (exact) mass is 273 g/mol. The molecule has 0 spiro atoms. The predicted octanol–water partition coefficient (Wildman–Crippen LogP) is 2.27. The van der Waals surface area contributed by atoms with Gasteiger partial charge < -0.3 is 19.8 Å². The molecule has 2 heterocycles. The molecule has 0 radical (unpaired) electrons. The number of nitrogens with zero attached hydrogens (tertiary/aromatic N) is 1. The first kappa shape index (κ1) is 13.0. The summed E-state index contributed by atoms with van der Waals surface area (Å²) in [5.41, 5.74) is 1.12. The lowest BCUT2D eigenvalue weighted by atomic mass is 10.1. The van der Waals surface area contributed by atoms with Crippen molar-refractivity contribution in [2.75, 3.05) is 19.8 Å². The summed E-state index contributed by atoms with van der Waals surface area (Å²) in [5.74, 6) is 2.53. The molecule has 2 N–H and O–H groups in total. The Hall–Kier alpha value is -2.01. The fourth-order valence-electron chi connectivity index (χ4n) is 2.34. The van der Waals surface area contributed by atoms with E-state index in [0.29, 0.717) is 13.2 Å². The zero-order chi connectivity index (χ0) is 13.8. The van der Waals surface area contributed by atoms with Crippen LogP contribution in [0.3, 0.4) is 0 Å². The van der Waals surface area contributed by atoms with E-state index in [4.69, 9.17) is 9.47 Å². The molecule has 1 atom stereocenters. The summed E-state index contributed by atoms with van der Waals surface area (Å²) in [6.45, 7) is 4.29. The fraction of sp³-hybridized carbons (Fsp3) is 0.400. The number of benzene rings is 1. The van der Waals surface area contributed by atoms with Gasteiger partial charge in [0.25, 0.3) is 0 Å². The molecule has 1 aromatic carbocycles. The summed E-state index contributed by atoms with van der Waals surface area (Å²) in [4.78, 5) is 7.55. The van der Waals surface area contributed by atoms with Gasteiger partial charge in [-0.1, -0.05) is 13.0 Å². The Bertz CT molecular complexity index is 554. The number of fused-ring (bicyclic) bond motifs is 1. The number of aromatic nitrogens is 2. The predicted molar refractivity (Wildman–Crippen MR) is 76.2 cm³/mol. The highest BCUT2D eigenvalue weighted by Gasteiger charge is 2.19. The molecular weight excluding hydrogens is 254 g/mol. The van der Waals surface area contributed by atoms with Crippen LogP contribution in [0.25, 0.3) is 0 Å². The average molecular weight is 273 g/mol. The molecule has 0 fully saturated rings. The Morgan fingerprint density at radius 2 is 2.15 bits per heavy atom. The minimum atomic E-state index is 0.0424. The lowest BCUT2D eigenvalue weighted by Gasteiger charge is -2.22. The van der Waals surface area contributed by atoms with Gasteiger partial charge in [0.1, 0.15) is 19.0 Å². The fourth-order valence-corrected chi connectivity index (χ4v) is 2.34. The molecule has 1 aliphatic rings. The maximum atomic E-state index is 5.65. The van der Waals surface area contributed by atoms with Crippen molar-refractivity contribution >= 4 is 0 Å². The lowest BCUT2D eigenvalue weighted by Crippen LogP contribution is -2.24. The van der Waals surface area contributed by atoms with Crippen molar-refractivity contribution in [2.45, 2.75) is 19.4 Å². The number of imidazole rings is 1. The molecule has 2 aromatic rings. The number of aromatic amines is 1. The van der Waals surface area contributed by atoms with Crippen LogP contribution >= 0.6 is 0 Å². The van der Waals surface area contributed by atoms with E-state index in [-0.39, 0.29) is 6.04 Å². The molecule has 3 rings (SSSR count). The van der Waals surface area contributed by atoms with Crippen molar-refractivity contribution in [3.63, 3.8) is 0 Å². The number of ether oxygens (including phenoxy) is 2. The second-order valence-corrected chi connectivity index (χ2v) is 4.76. The number of nitrogens with one attached hydrogen (secondary N) is 2. The van der Waals surface area contributed by atoms with E-state index in [0.717, 1.165) is 35.9 Å². The second-order valence-electron chi connectivity index (χ2n) is 4.76. The van der Waals surface area contributed by atoms with Crippen LogP contribution in [0.4, 0.5) is 0 Å². The van der Waals surface area contributed by atoms with Crippen molar-refractivity contribution in [1.82, 2.24) is 15.3 Å². The van der Waals surface area contributed by atoms with Crippen molar-refractivity contribution in [2.24, 2.45) is 0 Å². The van der Waals surface area contributed by atoms with Gasteiger partial charge in [0, 0.05) is 12.4 Å². The zero-order valence-corrected chi connectivity index (χ0v) is 11.6. The molecule has 1 unspecified atom stereocenters. The minimum absolute atomic E-state index is 0.0424. The quantitative estimate of drug-likeness (QED) is 0.877. The summed E-state index contributed by atoms with van der Waals surface area (Å²) in [7, 11) is 0. The Morgan fingerprint density at radius 3 is 2.90 bits per heavy atom. The third-order valence-corrected chi connectivity index (χ3v) is 3.29. The minimum Gasteiger partial charge on any atom is -0.486 e. The van der Waals surface area contributed by atoms with E-state index < -0.39 is 0 Å². The third-order valence-electron chi connectivity index (χ3n) is 3.29. The SMILES string of the molecule is CCCNC(c1ccc2c(c1)OCCO2)c1ncc[nH]1. The highest BCUT2D eigenvalue weighted by molar-refractivity contribution is 5.45. The maximum Gasteiger partial charge on any atom is 0.161 e. The van der Waals surface area contributed by atoms with Gasteiger partial charge in [-0.15, -0.1) is 0 Å². The van der Waals surface area contributed by atoms with Crippen LogP contribution in [0, 0.1) is 0 Å². The van der Waals surface area contributed by atoms with Gasteiger partial charge >= 0.3 is 0 Å². The molecule has 1 aliphatic heterocycles. The molecule has 5 nitrogen and oxygen atoms in total. The third kappa shape index (κ3) is 2.63. The number of H-pyrrole nitrogens is 1. The highest BCUT2D eigenvalue weighted by atomic mass is 16.6. The van der Waals surface area contributed by atoms with Crippen LogP contribution in [-0.4, -0.2) is 29.7 Å². The van der Waals surface area contributed by atoms with E-state index in [1.807, 2.05) is 18.3 Å². The van der Waals surface area contributed by atoms with Gasteiger partial charge in [-0.05, 0) is 30.7 Å². The first-order valence-electron chi connectivity index (χ1n) is 7.00. The van der Waals surface area contributed by atoms with Crippen molar-refractivity contribution in [3.05, 3.63) is 42.0 Å². The highest BCUT2D eigenvalue weighted by Crippen LogP contribution is 2.33. The summed E-state index contributed by atoms with van der Waals surface area (Å²) in [5, 5.41) is 3.50. The smallest absolute Gasteiger partial charge is 0.161 e. The van der Waals surface area contributed by atoms with Crippen LogP contribution in [0.5, 0.6) is 11.5 Å². The van der Waals surface area contributed by atoms with Crippen LogP contribution in [0.15, 0.2) is 30.6 Å². The molecule has 0 amide bonds. The largest absolute Gasteiger partial charge is 0.486 e. The Kier molecular flexibility index (Phi) is 3.87. The molecule has 1 aromatic heterocycles. The van der Waals surface area contributed by atoms with E-state index >= 15 is 0 Å². The average Bonchev–Trinajstić information content (AvgIpc) is 3.02.